The first-order valence-electron chi connectivity index (χ1n) is 9.24. The molecule has 0 aliphatic carbocycles. The van der Waals surface area contributed by atoms with Crippen LogP contribution in [0, 0.1) is 5.82 Å². The number of imidazole rings is 1. The Morgan fingerprint density at radius 2 is 1.83 bits per heavy atom. The van der Waals surface area contributed by atoms with Crippen LogP contribution in [-0.2, 0) is 11.3 Å². The minimum Gasteiger partial charge on any atom is -0.324 e. The Balaban J connectivity index is 1.68. The summed E-state index contributed by atoms with van der Waals surface area (Å²) in [5.41, 5.74) is 2.11. The molecule has 0 aliphatic rings. The van der Waals surface area contributed by atoms with Gasteiger partial charge in [0, 0.05) is 16.1 Å². The van der Waals surface area contributed by atoms with Crippen LogP contribution in [0.15, 0.2) is 77.7 Å². The quantitative estimate of drug-likeness (QED) is 0.361. The van der Waals surface area contributed by atoms with Crippen LogP contribution in [0.5, 0.6) is 0 Å². The average Bonchev–Trinajstić information content (AvgIpc) is 3.11. The van der Waals surface area contributed by atoms with E-state index in [1.54, 1.807) is 28.5 Å². The second-order valence-electron chi connectivity index (χ2n) is 6.63. The molecule has 0 bridgehead atoms. The van der Waals surface area contributed by atoms with E-state index >= 15 is 0 Å². The van der Waals surface area contributed by atoms with Crippen molar-refractivity contribution in [1.82, 2.24) is 9.55 Å². The second kappa shape index (κ2) is 8.51. The number of fused-ring (bicyclic) bond motifs is 1. The number of hydrogen-bond acceptors (Lipinski definition) is 4. The number of aromatic nitrogens is 2. The van der Waals surface area contributed by atoms with E-state index in [1.807, 2.05) is 42.7 Å². The predicted octanol–water partition coefficient (Wildman–Crippen LogP) is 4.77. The van der Waals surface area contributed by atoms with Gasteiger partial charge < -0.3 is 9.88 Å². The van der Waals surface area contributed by atoms with Crippen LogP contribution in [0.3, 0.4) is 0 Å². The third-order valence-electron chi connectivity index (χ3n) is 4.60. The molecule has 0 radical (unpaired) electrons. The number of anilines is 1. The fourth-order valence-electron chi connectivity index (χ4n) is 3.21. The number of nitrogens with one attached hydrogen (secondary N) is 1. The summed E-state index contributed by atoms with van der Waals surface area (Å²) >= 11 is 1.58. The van der Waals surface area contributed by atoms with Gasteiger partial charge in [-0.3, -0.25) is 9.59 Å². The van der Waals surface area contributed by atoms with Crippen LogP contribution < -0.4 is 5.32 Å². The minimum atomic E-state index is -0.505. The van der Waals surface area contributed by atoms with Gasteiger partial charge in [-0.2, -0.15) is 0 Å². The second-order valence-corrected chi connectivity index (χ2v) is 7.51. The Bertz CT molecular complexity index is 1250. The topological polar surface area (TPSA) is 64.0 Å². The summed E-state index contributed by atoms with van der Waals surface area (Å²) in [5.74, 6) is -1.14. The maximum Gasteiger partial charge on any atom is 0.244 e. The normalized spacial score (nSPS) is 10.9. The lowest BCUT2D eigenvalue weighted by Crippen LogP contribution is -2.22. The zero-order valence-corrected chi connectivity index (χ0v) is 16.9. The van der Waals surface area contributed by atoms with E-state index in [2.05, 4.69) is 10.3 Å². The molecule has 0 spiro atoms. The van der Waals surface area contributed by atoms with Crippen LogP contribution in [-0.4, -0.2) is 27.5 Å². The maximum absolute atomic E-state index is 13.6. The standard InChI is InChI=1S/C23H18FN3O2S/c1-30-18-9-5-8-17(13-18)25-21(28)14-27-20-11-3-2-10-19(20)26-23(27)22(29)15-6-4-7-16(24)12-15/h2-13H,14H2,1H3,(H,25,28). The molecule has 4 rings (SSSR count). The smallest absolute Gasteiger partial charge is 0.244 e. The Hall–Kier alpha value is -3.45. The highest BCUT2D eigenvalue weighted by molar-refractivity contribution is 7.98. The van der Waals surface area contributed by atoms with Gasteiger partial charge in [0.25, 0.3) is 0 Å². The molecule has 0 aliphatic heterocycles. The lowest BCUT2D eigenvalue weighted by Gasteiger charge is -2.10. The molecule has 0 fully saturated rings. The van der Waals surface area contributed by atoms with E-state index < -0.39 is 11.6 Å². The number of benzene rings is 3. The number of carbonyl (C=O) groups is 2. The minimum absolute atomic E-state index is 0.0924. The predicted molar refractivity (Wildman–Crippen MR) is 116 cm³/mol. The number of rotatable bonds is 6. The van der Waals surface area contributed by atoms with Crippen molar-refractivity contribution in [1.29, 1.82) is 0 Å². The molecule has 0 unspecified atom stereocenters. The van der Waals surface area contributed by atoms with Crippen molar-refractivity contribution in [3.05, 3.63) is 90.0 Å². The number of hydrogen-bond donors (Lipinski definition) is 1. The summed E-state index contributed by atoms with van der Waals surface area (Å²) in [6, 6.07) is 20.2. The third kappa shape index (κ3) is 4.11. The van der Waals surface area contributed by atoms with Crippen molar-refractivity contribution in [3.8, 4) is 0 Å². The molecule has 7 heteroatoms. The van der Waals surface area contributed by atoms with Gasteiger partial charge in [0.1, 0.15) is 12.4 Å². The molecule has 30 heavy (non-hydrogen) atoms. The Kier molecular flexibility index (Phi) is 5.63. The summed E-state index contributed by atoms with van der Waals surface area (Å²) in [6.07, 6.45) is 1.96. The van der Waals surface area contributed by atoms with Gasteiger partial charge in [0.05, 0.1) is 11.0 Å². The van der Waals surface area contributed by atoms with Crippen molar-refractivity contribution in [2.75, 3.05) is 11.6 Å². The molecule has 0 saturated heterocycles. The monoisotopic (exact) mass is 419 g/mol. The van der Waals surface area contributed by atoms with Crippen molar-refractivity contribution in [3.63, 3.8) is 0 Å². The number of amides is 1. The fraction of sp³-hybridized carbons (Fsp3) is 0.0870. The first-order chi connectivity index (χ1) is 14.5. The molecule has 0 saturated carbocycles. The average molecular weight is 419 g/mol. The zero-order chi connectivity index (χ0) is 21.1. The van der Waals surface area contributed by atoms with Gasteiger partial charge in [-0.15, -0.1) is 11.8 Å². The molecule has 5 nitrogen and oxygen atoms in total. The van der Waals surface area contributed by atoms with E-state index in [1.165, 1.54) is 24.3 Å². The van der Waals surface area contributed by atoms with Gasteiger partial charge in [0.15, 0.2) is 5.82 Å². The van der Waals surface area contributed by atoms with Gasteiger partial charge in [-0.1, -0.05) is 30.3 Å². The lowest BCUT2D eigenvalue weighted by molar-refractivity contribution is -0.116. The van der Waals surface area contributed by atoms with Crippen molar-refractivity contribution < 1.29 is 14.0 Å². The largest absolute Gasteiger partial charge is 0.324 e. The highest BCUT2D eigenvalue weighted by atomic mass is 32.2. The van der Waals surface area contributed by atoms with Crippen LogP contribution in [0.2, 0.25) is 0 Å². The molecule has 1 aromatic heterocycles. The summed E-state index contributed by atoms with van der Waals surface area (Å²) in [4.78, 5) is 31.2. The number of thioether (sulfide) groups is 1. The first-order valence-corrected chi connectivity index (χ1v) is 10.5. The summed E-state index contributed by atoms with van der Waals surface area (Å²) in [5, 5.41) is 2.86. The van der Waals surface area contributed by atoms with Gasteiger partial charge in [-0.25, -0.2) is 9.37 Å². The number of nitrogens with zero attached hydrogens (tertiary/aromatic N) is 2. The van der Waals surface area contributed by atoms with E-state index in [9.17, 15) is 14.0 Å². The molecule has 1 N–H and O–H groups in total. The van der Waals surface area contributed by atoms with Crippen LogP contribution in [0.1, 0.15) is 16.2 Å². The molecule has 3 aromatic carbocycles. The highest BCUT2D eigenvalue weighted by Gasteiger charge is 2.21. The molecular weight excluding hydrogens is 401 g/mol. The van der Waals surface area contributed by atoms with Crippen LogP contribution in [0.25, 0.3) is 11.0 Å². The zero-order valence-electron chi connectivity index (χ0n) is 16.1. The van der Waals surface area contributed by atoms with Gasteiger partial charge >= 0.3 is 0 Å². The first kappa shape index (κ1) is 19.8. The number of halogens is 1. The molecule has 0 atom stereocenters. The van der Waals surface area contributed by atoms with Crippen molar-refractivity contribution >= 4 is 40.2 Å². The van der Waals surface area contributed by atoms with Gasteiger partial charge in [0.2, 0.25) is 11.7 Å². The lowest BCUT2D eigenvalue weighted by atomic mass is 10.1. The fourth-order valence-corrected chi connectivity index (χ4v) is 3.67. The maximum atomic E-state index is 13.6. The van der Waals surface area contributed by atoms with Crippen molar-refractivity contribution in [2.24, 2.45) is 0 Å². The van der Waals surface area contributed by atoms with E-state index in [4.69, 9.17) is 0 Å². The SMILES string of the molecule is CSc1cccc(NC(=O)Cn2c(C(=O)c3cccc(F)c3)nc3ccccc32)c1. The van der Waals surface area contributed by atoms with E-state index in [-0.39, 0.29) is 23.8 Å². The molecular formula is C23H18FN3O2S. The van der Waals surface area contributed by atoms with E-state index in [0.29, 0.717) is 16.7 Å². The molecule has 1 heterocycles. The van der Waals surface area contributed by atoms with E-state index in [0.717, 1.165) is 4.90 Å². The van der Waals surface area contributed by atoms with Crippen molar-refractivity contribution in [2.45, 2.75) is 11.4 Å². The highest BCUT2D eigenvalue weighted by Crippen LogP contribution is 2.21. The summed E-state index contributed by atoms with van der Waals surface area (Å²) in [6.45, 7) is -0.0968. The Morgan fingerprint density at radius 1 is 1.03 bits per heavy atom. The number of para-hydroxylation sites is 2. The molecule has 4 aromatic rings. The number of carbonyl (C=O) groups excluding carboxylic acids is 2. The summed E-state index contributed by atoms with van der Waals surface area (Å²) < 4.78 is 15.2. The van der Waals surface area contributed by atoms with Crippen LogP contribution >= 0.6 is 11.8 Å². The molecule has 150 valence electrons. The third-order valence-corrected chi connectivity index (χ3v) is 5.33. The summed E-state index contributed by atoms with van der Waals surface area (Å²) in [7, 11) is 0. The van der Waals surface area contributed by atoms with Crippen LogP contribution in [0.4, 0.5) is 10.1 Å². The molecule has 1 amide bonds. The Labute approximate surface area is 176 Å². The number of ketones is 1. The Morgan fingerprint density at radius 3 is 2.63 bits per heavy atom. The van der Waals surface area contributed by atoms with Gasteiger partial charge in [-0.05, 0) is 48.7 Å².